The molecule has 0 amide bonds. The lowest BCUT2D eigenvalue weighted by molar-refractivity contribution is 0.275. The third kappa shape index (κ3) is 17.7. The normalized spacial score (nSPS) is 17.0. The molecule has 0 heterocycles. The van der Waals surface area contributed by atoms with Crippen LogP contribution in [0.25, 0.3) is 0 Å². The molecule has 0 aromatic heterocycles. The van der Waals surface area contributed by atoms with E-state index in [9.17, 15) is 0 Å². The first-order valence-corrected chi connectivity index (χ1v) is 5.00. The molecule has 0 fully saturated rings. The molecule has 0 aromatic carbocycles. The van der Waals surface area contributed by atoms with E-state index in [0.29, 0.717) is 0 Å². The smallest absolute Gasteiger partial charge is 0.303 e. The van der Waals surface area contributed by atoms with Gasteiger partial charge in [0.1, 0.15) is 0 Å². The lowest BCUT2D eigenvalue weighted by Crippen LogP contribution is -1.77. The fourth-order valence-electron chi connectivity index (χ4n) is 0.760. The predicted octanol–water partition coefficient (Wildman–Crippen LogP) is 1.19. The third-order valence-electron chi connectivity index (χ3n) is 1.16. The van der Waals surface area contributed by atoms with Crippen molar-refractivity contribution in [3.05, 3.63) is 12.2 Å². The van der Waals surface area contributed by atoms with Crippen LogP contribution in [0.15, 0.2) is 12.2 Å². The van der Waals surface area contributed by atoms with E-state index in [-0.39, 0.29) is 0 Å². The quantitative estimate of drug-likeness (QED) is 0.386. The van der Waals surface area contributed by atoms with Crippen molar-refractivity contribution in [1.82, 2.24) is 0 Å². The Kier molecular flexibility index (Phi) is 5.42. The van der Waals surface area contributed by atoms with Gasteiger partial charge >= 0.3 is 7.82 Å². The molecule has 11 heavy (non-hydrogen) atoms. The van der Waals surface area contributed by atoms with Crippen molar-refractivity contribution < 1.29 is 19.2 Å². The zero-order valence-electron chi connectivity index (χ0n) is 6.18. The van der Waals surface area contributed by atoms with Gasteiger partial charge in [0.2, 0.25) is 0 Å². The molecule has 1 aliphatic carbocycles. The Morgan fingerprint density at radius 1 is 1.00 bits per heavy atom. The highest BCUT2D eigenvalue weighted by atomic mass is 31.2. The largest absolute Gasteiger partial charge is 0.466 e. The fourth-order valence-corrected chi connectivity index (χ4v) is 0.760. The van der Waals surface area contributed by atoms with Crippen LogP contribution in [-0.4, -0.2) is 14.7 Å². The third-order valence-corrected chi connectivity index (χ3v) is 1.16. The summed E-state index contributed by atoms with van der Waals surface area (Å²) < 4.78 is 8.88. The summed E-state index contributed by atoms with van der Waals surface area (Å²) in [5, 5.41) is 0. The van der Waals surface area contributed by atoms with Crippen LogP contribution in [0.5, 0.6) is 0 Å². The molecule has 0 aromatic rings. The molecule has 4 nitrogen and oxygen atoms in total. The van der Waals surface area contributed by atoms with Gasteiger partial charge in [-0.05, 0) is 25.7 Å². The maximum Gasteiger partial charge on any atom is 0.466 e. The molecule has 5 heteroatoms. The number of allylic oxidation sites excluding steroid dienone is 2. The minimum Gasteiger partial charge on any atom is -0.303 e. The highest BCUT2D eigenvalue weighted by Crippen LogP contribution is 2.25. The first-order chi connectivity index (χ1) is 5.00. The van der Waals surface area contributed by atoms with Gasteiger partial charge in [-0.15, -0.1) is 0 Å². The fraction of sp³-hybridized carbons (Fsp3) is 0.667. The highest BCUT2D eigenvalue weighted by Gasteiger charge is 2.00. The number of hydrogen-bond donors (Lipinski definition) is 3. The minimum absolute atomic E-state index is 1.32. The summed E-state index contributed by atoms with van der Waals surface area (Å²) in [4.78, 5) is 21.6. The van der Waals surface area contributed by atoms with Crippen molar-refractivity contribution in [3.8, 4) is 0 Å². The van der Waals surface area contributed by atoms with Crippen molar-refractivity contribution >= 4 is 7.82 Å². The summed E-state index contributed by atoms with van der Waals surface area (Å²) in [6.45, 7) is 0. The van der Waals surface area contributed by atoms with E-state index in [4.69, 9.17) is 19.2 Å². The van der Waals surface area contributed by atoms with E-state index in [0.717, 1.165) is 0 Å². The summed E-state index contributed by atoms with van der Waals surface area (Å²) in [6.07, 6.45) is 10.0. The average molecular weight is 180 g/mol. The Hall–Kier alpha value is -0.150. The van der Waals surface area contributed by atoms with Crippen LogP contribution in [0.2, 0.25) is 0 Å². The highest BCUT2D eigenvalue weighted by molar-refractivity contribution is 7.45. The summed E-state index contributed by atoms with van der Waals surface area (Å²) in [6, 6.07) is 0. The zero-order valence-corrected chi connectivity index (χ0v) is 7.07. The Morgan fingerprint density at radius 3 is 1.36 bits per heavy atom. The van der Waals surface area contributed by atoms with Gasteiger partial charge < -0.3 is 14.7 Å². The lowest BCUT2D eigenvalue weighted by atomic mass is 10.1. The van der Waals surface area contributed by atoms with Crippen LogP contribution in [0.1, 0.15) is 25.7 Å². The van der Waals surface area contributed by atoms with E-state index in [2.05, 4.69) is 12.2 Å². The molecule has 0 radical (unpaired) electrons. The van der Waals surface area contributed by atoms with E-state index in [1.54, 1.807) is 0 Å². The molecular formula is C6H13O4P. The van der Waals surface area contributed by atoms with Crippen LogP contribution >= 0.6 is 7.82 Å². The maximum atomic E-state index is 8.88. The van der Waals surface area contributed by atoms with Gasteiger partial charge in [0.25, 0.3) is 0 Å². The molecule has 3 N–H and O–H groups in total. The Morgan fingerprint density at radius 2 is 1.27 bits per heavy atom. The molecule has 0 unspecified atom stereocenters. The van der Waals surface area contributed by atoms with E-state index in [1.807, 2.05) is 0 Å². The van der Waals surface area contributed by atoms with E-state index >= 15 is 0 Å². The molecule has 0 saturated carbocycles. The van der Waals surface area contributed by atoms with Crippen molar-refractivity contribution in [2.24, 2.45) is 0 Å². The molecule has 1 rings (SSSR count). The summed E-state index contributed by atoms with van der Waals surface area (Å²) in [7, 11) is -4.64. The average Bonchev–Trinajstić information content (AvgIpc) is 1.88. The second-order valence-electron chi connectivity index (χ2n) is 2.27. The van der Waals surface area contributed by atoms with Gasteiger partial charge in [-0.1, -0.05) is 12.2 Å². The van der Waals surface area contributed by atoms with Crippen LogP contribution in [0.3, 0.4) is 0 Å². The summed E-state index contributed by atoms with van der Waals surface area (Å²) in [5.74, 6) is 0. The van der Waals surface area contributed by atoms with Crippen molar-refractivity contribution in [1.29, 1.82) is 0 Å². The molecule has 0 bridgehead atoms. The van der Waals surface area contributed by atoms with E-state index in [1.165, 1.54) is 25.7 Å². The summed E-state index contributed by atoms with van der Waals surface area (Å²) >= 11 is 0. The van der Waals surface area contributed by atoms with Gasteiger partial charge in [0.15, 0.2) is 0 Å². The van der Waals surface area contributed by atoms with Crippen LogP contribution < -0.4 is 0 Å². The van der Waals surface area contributed by atoms with Crippen LogP contribution in [0, 0.1) is 0 Å². The van der Waals surface area contributed by atoms with Gasteiger partial charge in [0.05, 0.1) is 0 Å². The van der Waals surface area contributed by atoms with Gasteiger partial charge in [-0.3, -0.25) is 0 Å². The van der Waals surface area contributed by atoms with Gasteiger partial charge in [-0.25, -0.2) is 4.57 Å². The number of phosphoric acid groups is 1. The molecular weight excluding hydrogens is 167 g/mol. The first kappa shape index (κ1) is 10.8. The standard InChI is InChI=1S/C6H10.H3O4P/c1-2-4-6-5-3-1;1-5(2,3)4/h1-2H,3-6H2;(H3,1,2,3,4). The molecule has 0 spiro atoms. The monoisotopic (exact) mass is 180 g/mol. The number of hydrogen-bond acceptors (Lipinski definition) is 1. The Bertz CT molecular complexity index is 144. The number of rotatable bonds is 0. The van der Waals surface area contributed by atoms with Crippen molar-refractivity contribution in [2.45, 2.75) is 25.7 Å². The minimum atomic E-state index is -4.64. The molecule has 1 aliphatic rings. The maximum absolute atomic E-state index is 8.88. The topological polar surface area (TPSA) is 77.8 Å². The SMILES string of the molecule is C1=CCCCC1.O=P(O)(O)O. The van der Waals surface area contributed by atoms with Crippen molar-refractivity contribution in [3.63, 3.8) is 0 Å². The lowest BCUT2D eigenvalue weighted by Gasteiger charge is -1.97. The van der Waals surface area contributed by atoms with Gasteiger partial charge in [-0.2, -0.15) is 0 Å². The second-order valence-corrected chi connectivity index (χ2v) is 3.30. The van der Waals surface area contributed by atoms with Crippen LogP contribution in [0.4, 0.5) is 0 Å². The van der Waals surface area contributed by atoms with Gasteiger partial charge in [0, 0.05) is 0 Å². The predicted molar refractivity (Wildman–Crippen MR) is 41.9 cm³/mol. The second kappa shape index (κ2) is 5.49. The molecule has 0 aliphatic heterocycles. The van der Waals surface area contributed by atoms with Crippen molar-refractivity contribution in [2.75, 3.05) is 0 Å². The molecule has 66 valence electrons. The van der Waals surface area contributed by atoms with Crippen LogP contribution in [-0.2, 0) is 4.57 Å². The Labute approximate surface area is 65.8 Å². The Balaban J connectivity index is 0.000000187. The van der Waals surface area contributed by atoms with E-state index < -0.39 is 7.82 Å². The summed E-state index contributed by atoms with van der Waals surface area (Å²) in [5.41, 5.74) is 0. The molecule has 0 saturated heterocycles. The first-order valence-electron chi connectivity index (χ1n) is 3.43. The molecule has 0 atom stereocenters. The zero-order chi connectivity index (χ0) is 8.74.